The molecule has 4 saturated carbocycles. The maximum Gasteiger partial charge on any atom is 0.413 e. The molecule has 1 amide bonds. The molecule has 2 N–H and O–H groups in total. The van der Waals surface area contributed by atoms with E-state index in [0.29, 0.717) is 31.3 Å². The Morgan fingerprint density at radius 3 is 2.40 bits per heavy atom. The highest BCUT2D eigenvalue weighted by molar-refractivity contribution is 6.01. The van der Waals surface area contributed by atoms with E-state index < -0.39 is 106 Å². The average molecular weight is 866 g/mol. The Bertz CT molecular complexity index is 2400. The molecule has 1 saturated heterocycles. The second-order valence-corrected chi connectivity index (χ2v) is 18.5. The minimum atomic E-state index is -2.17. The highest BCUT2D eigenvalue weighted by atomic mass is 19.1. The third-order valence-corrected chi connectivity index (χ3v) is 15.2. The number of piperazine rings is 1. The number of aliphatic hydroxyl groups is 2. The number of rotatable bonds is 9. The second-order valence-electron chi connectivity index (χ2n) is 18.5. The minimum absolute atomic E-state index is 0.0524. The Morgan fingerprint density at radius 2 is 1.74 bits per heavy atom. The van der Waals surface area contributed by atoms with Gasteiger partial charge >= 0.3 is 18.0 Å². The zero-order valence-electron chi connectivity index (χ0n) is 35.7. The highest BCUT2D eigenvalue weighted by Gasteiger charge is 2.75. The van der Waals surface area contributed by atoms with Crippen molar-refractivity contribution in [2.45, 2.75) is 103 Å². The number of ketones is 2. The van der Waals surface area contributed by atoms with E-state index in [1.165, 1.54) is 43.4 Å². The van der Waals surface area contributed by atoms with Gasteiger partial charge < -0.3 is 43.5 Å². The van der Waals surface area contributed by atoms with E-state index in [1.54, 1.807) is 37.2 Å². The van der Waals surface area contributed by atoms with E-state index in [-0.39, 0.29) is 66.6 Å². The number of aliphatic hydroxyl groups excluding tert-OH is 1. The first-order valence-corrected chi connectivity index (χ1v) is 21.2. The van der Waals surface area contributed by atoms with Gasteiger partial charge in [0.1, 0.15) is 16.9 Å². The Hall–Kier alpha value is -5.16. The number of pyridine rings is 1. The normalized spacial score (nSPS) is 33.9. The molecule has 1 aromatic heterocycles. The number of alkyl halides is 1. The third-order valence-electron chi connectivity index (χ3n) is 15.2. The first kappa shape index (κ1) is 43.5. The molecule has 0 radical (unpaired) electrons. The van der Waals surface area contributed by atoms with Crippen LogP contribution in [0.4, 0.5) is 19.3 Å². The lowest BCUT2D eigenvalue weighted by atomic mass is 9.44. The van der Waals surface area contributed by atoms with Gasteiger partial charge in [0.2, 0.25) is 18.0 Å². The van der Waals surface area contributed by atoms with Crippen LogP contribution in [0.1, 0.15) is 89.5 Å². The smallest absolute Gasteiger partial charge is 0.413 e. The van der Waals surface area contributed by atoms with Gasteiger partial charge in [0.15, 0.2) is 29.6 Å². The van der Waals surface area contributed by atoms with Gasteiger partial charge in [-0.25, -0.2) is 18.4 Å². The number of methoxy groups -OCH3 is 1. The number of hydrogen-bond donors (Lipinski definition) is 2. The van der Waals surface area contributed by atoms with Crippen LogP contribution in [0.25, 0.3) is 10.9 Å². The fourth-order valence-corrected chi connectivity index (χ4v) is 11.9. The van der Waals surface area contributed by atoms with E-state index in [2.05, 4.69) is 0 Å². The fourth-order valence-electron chi connectivity index (χ4n) is 11.9. The molecule has 9 atom stereocenters. The average Bonchev–Trinajstić information content (AvgIpc) is 4.04. The molecular formula is C45H53F2N3O12. The molecular weight excluding hydrogens is 812 g/mol. The van der Waals surface area contributed by atoms with Crippen LogP contribution in [0.3, 0.4) is 0 Å². The summed E-state index contributed by atoms with van der Waals surface area (Å²) in [6, 6.07) is 0.396. The first-order valence-electron chi connectivity index (χ1n) is 21.2. The van der Waals surface area contributed by atoms with Crippen LogP contribution < -0.4 is 15.1 Å². The van der Waals surface area contributed by atoms with Crippen LogP contribution in [0.5, 0.6) is 5.75 Å². The van der Waals surface area contributed by atoms with E-state index >= 15 is 8.78 Å². The molecule has 334 valence electrons. The van der Waals surface area contributed by atoms with Crippen molar-refractivity contribution in [2.75, 3.05) is 45.0 Å². The first-order chi connectivity index (χ1) is 29.2. The van der Waals surface area contributed by atoms with E-state index in [0.717, 1.165) is 6.07 Å². The Kier molecular flexibility index (Phi) is 10.7. The van der Waals surface area contributed by atoms with Crippen molar-refractivity contribution in [2.24, 2.45) is 28.6 Å². The van der Waals surface area contributed by atoms with Gasteiger partial charge in [-0.2, -0.15) is 0 Å². The lowest BCUT2D eigenvalue weighted by molar-refractivity contribution is -0.219. The Morgan fingerprint density at radius 1 is 1.02 bits per heavy atom. The maximum atomic E-state index is 17.6. The van der Waals surface area contributed by atoms with Gasteiger partial charge in [-0.1, -0.05) is 25.5 Å². The van der Waals surface area contributed by atoms with Crippen LogP contribution in [0.15, 0.2) is 40.9 Å². The topological polar surface area (TPSA) is 191 Å². The molecule has 1 unspecified atom stereocenters. The summed E-state index contributed by atoms with van der Waals surface area (Å²) in [5, 5.41) is 24.0. The Labute approximate surface area is 356 Å². The van der Waals surface area contributed by atoms with Gasteiger partial charge in [0.25, 0.3) is 0 Å². The molecule has 5 aliphatic carbocycles. The number of carbonyl (C=O) groups is 5. The van der Waals surface area contributed by atoms with Crippen LogP contribution in [0, 0.1) is 34.4 Å². The van der Waals surface area contributed by atoms with Crippen LogP contribution in [-0.2, 0) is 28.6 Å². The van der Waals surface area contributed by atoms with E-state index in [1.807, 2.05) is 0 Å². The molecule has 8 rings (SSSR count). The van der Waals surface area contributed by atoms with Gasteiger partial charge in [-0.3, -0.25) is 19.2 Å². The number of allylic oxidation sites excluding steroid dienone is 4. The molecule has 1 aromatic carbocycles. The lowest BCUT2D eigenvalue weighted by Crippen LogP contribution is -2.69. The molecule has 5 fully saturated rings. The van der Waals surface area contributed by atoms with Crippen LogP contribution >= 0.6 is 0 Å². The summed E-state index contributed by atoms with van der Waals surface area (Å²) in [5.41, 5.74) is -7.26. The summed E-state index contributed by atoms with van der Waals surface area (Å²) < 4.78 is 56.7. The van der Waals surface area contributed by atoms with Crippen molar-refractivity contribution in [1.29, 1.82) is 0 Å². The molecule has 2 heterocycles. The fraction of sp³-hybridized carbons (Fsp3) is 0.600. The van der Waals surface area contributed by atoms with Gasteiger partial charge in [0.05, 0.1) is 24.1 Å². The molecule has 17 heteroatoms. The summed E-state index contributed by atoms with van der Waals surface area (Å²) >= 11 is 0. The number of ether oxygens (including phenoxy) is 4. The summed E-state index contributed by atoms with van der Waals surface area (Å²) in [6.45, 7) is 6.95. The predicted molar refractivity (Wildman–Crippen MR) is 218 cm³/mol. The number of anilines is 1. The molecule has 1 aliphatic heterocycles. The molecule has 2 aromatic rings. The molecule has 15 nitrogen and oxygen atoms in total. The second kappa shape index (κ2) is 15.3. The highest BCUT2D eigenvalue weighted by Crippen LogP contribution is 2.70. The summed E-state index contributed by atoms with van der Waals surface area (Å²) in [6.07, 6.45) is 5.41. The number of carbonyl (C=O) groups excluding carboxylic acids is 5. The quantitative estimate of drug-likeness (QED) is 0.260. The molecule has 6 aliphatic rings. The summed E-state index contributed by atoms with van der Waals surface area (Å²) in [4.78, 5) is 81.3. The monoisotopic (exact) mass is 865 g/mol. The molecule has 0 spiro atoms. The maximum absolute atomic E-state index is 17.6. The number of benzene rings is 1. The van der Waals surface area contributed by atoms with E-state index in [9.17, 15) is 39.0 Å². The summed E-state index contributed by atoms with van der Waals surface area (Å²) in [5.74, 6) is -5.62. The van der Waals surface area contributed by atoms with Gasteiger partial charge in [-0.15, -0.1) is 0 Å². The number of fused-ring (bicyclic) bond motifs is 6. The largest absolute Gasteiger partial charge is 0.492 e. The number of amides is 1. The van der Waals surface area contributed by atoms with Crippen molar-refractivity contribution in [3.8, 4) is 5.75 Å². The third kappa shape index (κ3) is 6.38. The van der Waals surface area contributed by atoms with Crippen LogP contribution in [0.2, 0.25) is 0 Å². The van der Waals surface area contributed by atoms with Gasteiger partial charge in [0, 0.05) is 61.6 Å². The zero-order chi connectivity index (χ0) is 44.8. The number of aromatic nitrogens is 1. The van der Waals surface area contributed by atoms with Crippen molar-refractivity contribution in [3.63, 3.8) is 0 Å². The number of esters is 2. The SMILES string of the molecule is COc1c(N2CCN(C(=O)OCOC(C)=O)C(C)C2)c(F)cc2c(=O)c(C(=O)OCC(=O)[C@@]3(O)[C@H](C)C[C@H]4[C@@H]5CCC6=CC(=O)C=C[C@]6(C)[C@@]5(F)[C@@H](O)C[C@@]43C)cn(C3CC3)c12. The predicted octanol–water partition coefficient (Wildman–Crippen LogP) is 4.73. The number of nitrogens with zero attached hydrogens (tertiary/aromatic N) is 3. The standard InChI is InChI=1S/C45H53F2N3O12/c1-23-15-32-31-10-7-26-16-28(52)11-12-42(26,4)44(31,47)34(53)18-43(32,5)45(23,58)35(54)21-60-40(56)30-20-50(27-8-9-27)36-29(38(30)55)17-33(46)37(39(36)59-6)48-13-14-49(24(2)19-48)41(57)62-22-61-25(3)51/h11-12,16-17,20,23-24,27,31-32,34,53,58H,7-10,13-15,18-19,21-22H2,1-6H3/t23-,24?,31+,32+,34+,42+,43+,44+,45+/m1/s1. The lowest BCUT2D eigenvalue weighted by Gasteiger charge is -2.62. The van der Waals surface area contributed by atoms with Gasteiger partial charge in [-0.05, 0) is 82.4 Å². The minimum Gasteiger partial charge on any atom is -0.492 e. The van der Waals surface area contributed by atoms with Crippen molar-refractivity contribution in [1.82, 2.24) is 9.47 Å². The van der Waals surface area contributed by atoms with Crippen LogP contribution in [-0.4, -0.2) is 113 Å². The number of halogens is 2. The van der Waals surface area contributed by atoms with Crippen molar-refractivity contribution >= 4 is 46.2 Å². The molecule has 62 heavy (non-hydrogen) atoms. The van der Waals surface area contributed by atoms with Crippen molar-refractivity contribution < 1.29 is 61.9 Å². The number of hydrogen-bond acceptors (Lipinski definition) is 13. The summed E-state index contributed by atoms with van der Waals surface area (Å²) in [7, 11) is 1.34. The molecule has 0 bridgehead atoms. The Balaban J connectivity index is 1.04. The number of Topliss-reactive ketones (excluding diaryl/α,β-unsaturated/α-hetero) is 1. The van der Waals surface area contributed by atoms with E-state index in [4.69, 9.17) is 18.9 Å². The zero-order valence-corrected chi connectivity index (χ0v) is 35.7. The van der Waals surface area contributed by atoms with Crippen molar-refractivity contribution in [3.05, 3.63) is 57.7 Å².